The fraction of sp³-hybridized carbons (Fsp3) is 0.263. The molecule has 0 nitrogen and oxygen atoms in total. The van der Waals surface area contributed by atoms with Crippen LogP contribution in [0.5, 0.6) is 0 Å². The molecule has 0 saturated heterocycles. The maximum atomic E-state index is 3.63. The normalized spacial score (nSPS) is 9.50. The second kappa shape index (κ2) is 10.7. The van der Waals surface area contributed by atoms with Gasteiger partial charge in [-0.1, -0.05) is 43.0 Å². The standard InChI is InChI=1S/C11H15.C8H8.Sn/c1-3-4-5-11-8-6-10(2)7-9-11;1-2-8-6-4-3-5-7-8;/h6-9H,1,3-5H2,2H3;2-7H,1H2;. The van der Waals surface area contributed by atoms with E-state index in [0.29, 0.717) is 0 Å². The van der Waals surface area contributed by atoms with Gasteiger partial charge in [-0.3, -0.25) is 0 Å². The summed E-state index contributed by atoms with van der Waals surface area (Å²) in [6.45, 7) is 5.77. The average molecular weight is 370 g/mol. The Labute approximate surface area is 137 Å². The van der Waals surface area contributed by atoms with Crippen molar-refractivity contribution in [1.82, 2.24) is 0 Å². The summed E-state index contributed by atoms with van der Waals surface area (Å²) in [7, 11) is 0. The van der Waals surface area contributed by atoms with Crippen LogP contribution in [0.3, 0.4) is 0 Å². The van der Waals surface area contributed by atoms with Crippen molar-refractivity contribution in [3.8, 4) is 0 Å². The Bertz CT molecular complexity index is 471. The number of rotatable bonds is 5. The quantitative estimate of drug-likeness (QED) is 0.499. The Kier molecular flexibility index (Phi) is 9.14. The molecule has 0 unspecified atom stereocenters. The van der Waals surface area contributed by atoms with Gasteiger partial charge < -0.3 is 0 Å². The van der Waals surface area contributed by atoms with Gasteiger partial charge in [0.15, 0.2) is 0 Å². The average Bonchev–Trinajstić information content (AvgIpc) is 2.51. The van der Waals surface area contributed by atoms with Gasteiger partial charge in [-0.2, -0.15) is 0 Å². The second-order valence-electron chi connectivity index (χ2n) is 4.81. The molecule has 0 spiro atoms. The molecule has 0 N–H and O–H groups in total. The van der Waals surface area contributed by atoms with E-state index in [4.69, 9.17) is 0 Å². The van der Waals surface area contributed by atoms with E-state index >= 15 is 0 Å². The van der Waals surface area contributed by atoms with Crippen LogP contribution in [0.15, 0.2) is 61.2 Å². The summed E-state index contributed by atoms with van der Waals surface area (Å²) >= 11 is 1.67. The van der Waals surface area contributed by atoms with Gasteiger partial charge in [-0.25, -0.2) is 0 Å². The molecule has 20 heavy (non-hydrogen) atoms. The third-order valence-corrected chi connectivity index (χ3v) is 4.06. The molecule has 2 aromatic rings. The molecule has 0 amide bonds. The molecule has 0 bridgehead atoms. The topological polar surface area (TPSA) is 0 Å². The van der Waals surface area contributed by atoms with Crippen molar-refractivity contribution in [1.29, 1.82) is 0 Å². The Morgan fingerprint density at radius 1 is 0.950 bits per heavy atom. The first kappa shape index (κ1) is 17.0. The van der Waals surface area contributed by atoms with E-state index < -0.39 is 0 Å². The fourth-order valence-electron chi connectivity index (χ4n) is 1.80. The van der Waals surface area contributed by atoms with Gasteiger partial charge in [-0.05, 0) is 5.56 Å². The molecule has 0 aliphatic carbocycles. The third kappa shape index (κ3) is 7.54. The second-order valence-corrected chi connectivity index (χ2v) is 6.23. The molecule has 1 heteroatoms. The molecule has 0 atom stereocenters. The first-order valence-corrected chi connectivity index (χ1v) is 9.15. The molecule has 2 aromatic carbocycles. The van der Waals surface area contributed by atoms with Crippen LogP contribution >= 0.6 is 0 Å². The summed E-state index contributed by atoms with van der Waals surface area (Å²) in [5.74, 6) is 0. The van der Waals surface area contributed by atoms with Gasteiger partial charge in [0.1, 0.15) is 0 Å². The van der Waals surface area contributed by atoms with Crippen LogP contribution in [0.1, 0.15) is 29.5 Å². The minimum atomic E-state index is 1.17. The first-order chi connectivity index (χ1) is 9.76. The van der Waals surface area contributed by atoms with Gasteiger partial charge in [0.2, 0.25) is 0 Å². The number of benzene rings is 2. The molecule has 0 aliphatic heterocycles. The Morgan fingerprint density at radius 2 is 1.60 bits per heavy atom. The zero-order valence-corrected chi connectivity index (χ0v) is 15.2. The van der Waals surface area contributed by atoms with E-state index in [-0.39, 0.29) is 0 Å². The van der Waals surface area contributed by atoms with Crippen LogP contribution in [0.25, 0.3) is 6.08 Å². The van der Waals surface area contributed by atoms with Crippen molar-refractivity contribution in [2.45, 2.75) is 30.6 Å². The predicted molar refractivity (Wildman–Crippen MR) is 91.2 cm³/mol. The van der Waals surface area contributed by atoms with Crippen LogP contribution in [0.4, 0.5) is 0 Å². The van der Waals surface area contributed by atoms with Crippen molar-refractivity contribution in [3.63, 3.8) is 0 Å². The monoisotopic (exact) mass is 371 g/mol. The minimum absolute atomic E-state index is 1.17. The molecular weight excluding hydrogens is 347 g/mol. The molecule has 0 fully saturated rings. The molecule has 103 valence electrons. The van der Waals surface area contributed by atoms with Crippen molar-refractivity contribution >= 4 is 28.6 Å². The summed E-state index contributed by atoms with van der Waals surface area (Å²) in [6, 6.07) is 18.9. The van der Waals surface area contributed by atoms with E-state index in [1.54, 1.807) is 22.5 Å². The molecule has 0 saturated carbocycles. The molecule has 0 heterocycles. The van der Waals surface area contributed by atoms with Crippen LogP contribution in [-0.2, 0) is 6.42 Å². The summed E-state index contributed by atoms with van der Waals surface area (Å²) in [5, 5.41) is 0. The van der Waals surface area contributed by atoms with Crippen LogP contribution in [0, 0.1) is 6.92 Å². The number of hydrogen-bond donors (Lipinski definition) is 0. The number of hydrogen-bond acceptors (Lipinski definition) is 0. The van der Waals surface area contributed by atoms with E-state index in [2.05, 4.69) is 37.8 Å². The Hall–Kier alpha value is -1.02. The van der Waals surface area contributed by atoms with Gasteiger partial charge in [0.25, 0.3) is 0 Å². The van der Waals surface area contributed by atoms with Crippen molar-refractivity contribution in [2.75, 3.05) is 0 Å². The molecular formula is C19H23Sn. The Morgan fingerprint density at radius 3 is 2.10 bits per heavy atom. The van der Waals surface area contributed by atoms with Gasteiger partial charge in [0, 0.05) is 0 Å². The van der Waals surface area contributed by atoms with E-state index in [0.717, 1.165) is 0 Å². The zero-order valence-electron chi connectivity index (χ0n) is 12.3. The van der Waals surface area contributed by atoms with Gasteiger partial charge in [0.05, 0.1) is 0 Å². The summed E-state index contributed by atoms with van der Waals surface area (Å²) < 4.78 is 1.40. The Balaban J connectivity index is 0.000000217. The molecule has 2 rings (SSSR count). The summed E-state index contributed by atoms with van der Waals surface area (Å²) in [5.41, 5.74) is 4.02. The first-order valence-electron chi connectivity index (χ1n) is 7.14. The zero-order chi connectivity index (χ0) is 14.6. The van der Waals surface area contributed by atoms with Gasteiger partial charge in [-0.15, -0.1) is 0 Å². The third-order valence-electron chi connectivity index (χ3n) is 3.05. The van der Waals surface area contributed by atoms with Crippen LogP contribution in [-0.4, -0.2) is 22.5 Å². The molecule has 0 aliphatic rings. The van der Waals surface area contributed by atoms with Crippen molar-refractivity contribution in [2.24, 2.45) is 0 Å². The maximum absolute atomic E-state index is 3.63. The van der Waals surface area contributed by atoms with Crippen molar-refractivity contribution < 1.29 is 0 Å². The SMILES string of the molecule is C=Cc1ccccc1.Cc1ccc(CCC[CH2][Sn])cc1. The number of unbranched alkanes of at least 4 members (excludes halogenated alkanes) is 1. The van der Waals surface area contributed by atoms with Crippen molar-refractivity contribution in [3.05, 3.63) is 77.9 Å². The van der Waals surface area contributed by atoms with Gasteiger partial charge >= 0.3 is 88.5 Å². The van der Waals surface area contributed by atoms with E-state index in [9.17, 15) is 0 Å². The summed E-state index contributed by atoms with van der Waals surface area (Å²) in [4.78, 5) is 0. The molecule has 3 radical (unpaired) electrons. The predicted octanol–water partition coefficient (Wildman–Crippen LogP) is 5.23. The van der Waals surface area contributed by atoms with Crippen LogP contribution < -0.4 is 0 Å². The number of aryl methyl sites for hydroxylation is 2. The fourth-order valence-corrected chi connectivity index (χ4v) is 2.51. The van der Waals surface area contributed by atoms with Crippen LogP contribution in [0.2, 0.25) is 4.44 Å². The van der Waals surface area contributed by atoms with E-state index in [1.165, 1.54) is 40.4 Å². The molecule has 0 aromatic heterocycles. The summed E-state index contributed by atoms with van der Waals surface area (Å²) in [6.07, 6.45) is 5.84. The van der Waals surface area contributed by atoms with E-state index in [1.807, 2.05) is 36.4 Å².